The number of methoxy groups -OCH3 is 1. The quantitative estimate of drug-likeness (QED) is 0.612. The van der Waals surface area contributed by atoms with Gasteiger partial charge in [-0.25, -0.2) is 4.98 Å². The van der Waals surface area contributed by atoms with Crippen LogP contribution < -0.4 is 15.4 Å². The Morgan fingerprint density at radius 2 is 2.16 bits per heavy atom. The third kappa shape index (κ3) is 4.34. The van der Waals surface area contributed by atoms with Gasteiger partial charge in [0.25, 0.3) is 5.91 Å². The van der Waals surface area contributed by atoms with Crippen LogP contribution in [0.5, 0.6) is 5.75 Å². The van der Waals surface area contributed by atoms with Crippen molar-refractivity contribution in [2.24, 2.45) is 5.73 Å². The minimum absolute atomic E-state index is 0.0977. The van der Waals surface area contributed by atoms with Gasteiger partial charge in [0.2, 0.25) is 5.91 Å². The average molecular weight is 439 g/mol. The van der Waals surface area contributed by atoms with Crippen molar-refractivity contribution in [2.75, 3.05) is 38.7 Å². The van der Waals surface area contributed by atoms with Gasteiger partial charge >= 0.3 is 0 Å². The lowest BCUT2D eigenvalue weighted by Gasteiger charge is -2.22. The number of carbonyl (C=O) groups is 2. The number of hydrogen-bond acceptors (Lipinski definition) is 6. The standard InChI is InChI=1S/C23H26N4O3S/c1-26(16-5-3-6-17(13-16)30-2)11-9-19(28)27-12-8-15(14-27)20-18-7-4-10-25-23(18)31-21(20)22(24)29/h3-7,10,13,15H,8-9,11-12,14H2,1-2H3,(H2,24,29). The SMILES string of the molecule is COc1cccc(N(C)CCC(=O)N2CCC(c3c(C(N)=O)sc4ncccc34)C2)c1. The summed E-state index contributed by atoms with van der Waals surface area (Å²) < 4.78 is 5.28. The maximum Gasteiger partial charge on any atom is 0.259 e. The van der Waals surface area contributed by atoms with Crippen LogP contribution in [0.25, 0.3) is 10.2 Å². The third-order valence-corrected chi connectivity index (χ3v) is 6.98. The van der Waals surface area contributed by atoms with Crippen molar-refractivity contribution >= 4 is 39.1 Å². The zero-order valence-corrected chi connectivity index (χ0v) is 18.5. The molecular weight excluding hydrogens is 412 g/mol. The second-order valence-electron chi connectivity index (χ2n) is 7.76. The van der Waals surface area contributed by atoms with Crippen molar-refractivity contribution in [3.05, 3.63) is 53.0 Å². The fourth-order valence-corrected chi connectivity index (χ4v) is 5.24. The zero-order chi connectivity index (χ0) is 22.0. The predicted molar refractivity (Wildman–Crippen MR) is 123 cm³/mol. The Labute approximate surface area is 185 Å². The average Bonchev–Trinajstić information content (AvgIpc) is 3.42. The van der Waals surface area contributed by atoms with Crippen molar-refractivity contribution in [3.8, 4) is 5.75 Å². The van der Waals surface area contributed by atoms with Gasteiger partial charge in [0.15, 0.2) is 0 Å². The molecule has 1 aromatic carbocycles. The van der Waals surface area contributed by atoms with Crippen LogP contribution in [0.1, 0.15) is 34.0 Å². The number of fused-ring (bicyclic) bond motifs is 1. The van der Waals surface area contributed by atoms with E-state index < -0.39 is 5.91 Å². The first kappa shape index (κ1) is 21.1. The molecular formula is C23H26N4O3S. The number of hydrogen-bond donors (Lipinski definition) is 1. The number of carbonyl (C=O) groups excluding carboxylic acids is 2. The molecule has 1 aliphatic heterocycles. The number of ether oxygens (including phenoxy) is 1. The van der Waals surface area contributed by atoms with E-state index in [1.165, 1.54) is 11.3 Å². The summed E-state index contributed by atoms with van der Waals surface area (Å²) in [4.78, 5) is 34.6. The van der Waals surface area contributed by atoms with Gasteiger partial charge < -0.3 is 20.3 Å². The smallest absolute Gasteiger partial charge is 0.259 e. The van der Waals surface area contributed by atoms with Gasteiger partial charge in [-0.1, -0.05) is 12.1 Å². The molecule has 1 fully saturated rings. The van der Waals surface area contributed by atoms with Crippen LogP contribution in [0, 0.1) is 0 Å². The second kappa shape index (κ2) is 8.93. The highest BCUT2D eigenvalue weighted by Crippen LogP contribution is 2.39. The lowest BCUT2D eigenvalue weighted by Crippen LogP contribution is -2.32. The van der Waals surface area contributed by atoms with Crippen molar-refractivity contribution in [1.29, 1.82) is 0 Å². The Hall–Kier alpha value is -3.13. The van der Waals surface area contributed by atoms with Gasteiger partial charge in [-0.15, -0.1) is 11.3 Å². The van der Waals surface area contributed by atoms with Crippen LogP contribution in [-0.4, -0.2) is 55.5 Å². The fourth-order valence-electron chi connectivity index (χ4n) is 4.16. The van der Waals surface area contributed by atoms with Crippen LogP contribution in [0.2, 0.25) is 0 Å². The number of nitrogens with two attached hydrogens (primary N) is 1. The van der Waals surface area contributed by atoms with Crippen molar-refractivity contribution in [2.45, 2.75) is 18.8 Å². The summed E-state index contributed by atoms with van der Waals surface area (Å²) in [6, 6.07) is 11.6. The van der Waals surface area contributed by atoms with Gasteiger partial charge in [-0.05, 0) is 30.2 Å². The summed E-state index contributed by atoms with van der Waals surface area (Å²) in [5, 5.41) is 0.971. The highest BCUT2D eigenvalue weighted by atomic mass is 32.1. The number of nitrogens with zero attached hydrogens (tertiary/aromatic N) is 3. The lowest BCUT2D eigenvalue weighted by atomic mass is 9.95. The summed E-state index contributed by atoms with van der Waals surface area (Å²) in [7, 11) is 3.61. The number of rotatable bonds is 7. The Kier molecular flexibility index (Phi) is 6.08. The van der Waals surface area contributed by atoms with Crippen molar-refractivity contribution in [1.82, 2.24) is 9.88 Å². The monoisotopic (exact) mass is 438 g/mol. The van der Waals surface area contributed by atoms with E-state index in [0.29, 0.717) is 30.9 Å². The molecule has 0 spiro atoms. The minimum atomic E-state index is -0.428. The number of thiophene rings is 1. The highest BCUT2D eigenvalue weighted by Gasteiger charge is 2.32. The van der Waals surface area contributed by atoms with Crippen LogP contribution >= 0.6 is 11.3 Å². The maximum absolute atomic E-state index is 12.9. The van der Waals surface area contributed by atoms with Gasteiger partial charge in [0.05, 0.1) is 12.0 Å². The molecule has 7 nitrogen and oxygen atoms in total. The van der Waals surface area contributed by atoms with Gasteiger partial charge in [-0.3, -0.25) is 9.59 Å². The van der Waals surface area contributed by atoms with Crippen LogP contribution in [0.4, 0.5) is 5.69 Å². The summed E-state index contributed by atoms with van der Waals surface area (Å²) in [5.41, 5.74) is 7.60. The van der Waals surface area contributed by atoms with E-state index >= 15 is 0 Å². The first-order valence-corrected chi connectivity index (χ1v) is 11.1. The van der Waals surface area contributed by atoms with E-state index in [0.717, 1.165) is 33.6 Å². The second-order valence-corrected chi connectivity index (χ2v) is 8.76. The normalized spacial score (nSPS) is 15.9. The molecule has 0 radical (unpaired) electrons. The first-order chi connectivity index (χ1) is 15.0. The summed E-state index contributed by atoms with van der Waals surface area (Å²) in [5.74, 6) is 0.583. The molecule has 0 saturated carbocycles. The predicted octanol–water partition coefficient (Wildman–Crippen LogP) is 3.25. The molecule has 1 aliphatic rings. The number of aromatic nitrogens is 1. The molecule has 162 valence electrons. The number of primary amides is 1. The molecule has 2 aromatic heterocycles. The van der Waals surface area contributed by atoms with Crippen molar-refractivity contribution < 1.29 is 14.3 Å². The topological polar surface area (TPSA) is 88.8 Å². The van der Waals surface area contributed by atoms with E-state index in [1.54, 1.807) is 13.3 Å². The van der Waals surface area contributed by atoms with Gasteiger partial charge in [0, 0.05) is 62.4 Å². The highest BCUT2D eigenvalue weighted by molar-refractivity contribution is 7.20. The van der Waals surface area contributed by atoms with Crippen LogP contribution in [0.15, 0.2) is 42.6 Å². The molecule has 3 heterocycles. The molecule has 3 aromatic rings. The Balaban J connectivity index is 1.42. The molecule has 1 unspecified atom stereocenters. The Morgan fingerprint density at radius 3 is 2.94 bits per heavy atom. The van der Waals surface area contributed by atoms with Crippen LogP contribution in [-0.2, 0) is 4.79 Å². The molecule has 31 heavy (non-hydrogen) atoms. The van der Waals surface area contributed by atoms with E-state index in [2.05, 4.69) is 9.88 Å². The largest absolute Gasteiger partial charge is 0.497 e. The Morgan fingerprint density at radius 1 is 1.32 bits per heavy atom. The molecule has 0 aliphatic carbocycles. The molecule has 4 rings (SSSR count). The lowest BCUT2D eigenvalue weighted by molar-refractivity contribution is -0.129. The number of likely N-dealkylation sites (tertiary alicyclic amines) is 1. The summed E-state index contributed by atoms with van der Waals surface area (Å²) >= 11 is 1.34. The molecule has 1 saturated heterocycles. The number of anilines is 1. The maximum atomic E-state index is 12.9. The minimum Gasteiger partial charge on any atom is -0.497 e. The number of amides is 2. The Bertz CT molecular complexity index is 1110. The fraction of sp³-hybridized carbons (Fsp3) is 0.348. The molecule has 1 atom stereocenters. The summed E-state index contributed by atoms with van der Waals surface area (Å²) in [6.45, 7) is 1.90. The number of benzene rings is 1. The molecule has 8 heteroatoms. The summed E-state index contributed by atoms with van der Waals surface area (Å²) in [6.07, 6.45) is 2.96. The molecule has 2 amide bonds. The van der Waals surface area contributed by atoms with E-state index in [1.807, 2.05) is 48.3 Å². The van der Waals surface area contributed by atoms with Gasteiger partial charge in [0.1, 0.15) is 10.6 Å². The van der Waals surface area contributed by atoms with E-state index in [-0.39, 0.29) is 11.8 Å². The third-order valence-electron chi connectivity index (χ3n) is 5.83. The van der Waals surface area contributed by atoms with E-state index in [9.17, 15) is 9.59 Å². The van der Waals surface area contributed by atoms with E-state index in [4.69, 9.17) is 10.5 Å². The molecule has 0 bridgehead atoms. The molecule has 2 N–H and O–H groups in total. The first-order valence-electron chi connectivity index (χ1n) is 10.3. The zero-order valence-electron chi connectivity index (χ0n) is 17.7. The van der Waals surface area contributed by atoms with Gasteiger partial charge in [-0.2, -0.15) is 0 Å². The van der Waals surface area contributed by atoms with Crippen LogP contribution in [0.3, 0.4) is 0 Å². The van der Waals surface area contributed by atoms with Crippen molar-refractivity contribution in [3.63, 3.8) is 0 Å². The number of pyridine rings is 1.